The molecule has 2 nitrogen and oxygen atoms in total. The summed E-state index contributed by atoms with van der Waals surface area (Å²) in [5.41, 5.74) is 15.4. The van der Waals surface area contributed by atoms with Crippen molar-refractivity contribution >= 4 is 44.6 Å². The summed E-state index contributed by atoms with van der Waals surface area (Å²) in [5, 5.41) is 4.93. The first-order valence-electron chi connectivity index (χ1n) is 21.5. The van der Waals surface area contributed by atoms with Gasteiger partial charge in [-0.25, -0.2) is 0 Å². The van der Waals surface area contributed by atoms with E-state index in [1.54, 1.807) is 0 Å². The molecule has 294 valence electrons. The third kappa shape index (κ3) is 6.26. The van der Waals surface area contributed by atoms with E-state index in [0.717, 1.165) is 50.7 Å². The first-order valence-corrected chi connectivity index (χ1v) is 21.5. The van der Waals surface area contributed by atoms with E-state index in [1.165, 1.54) is 65.9 Å². The first kappa shape index (κ1) is 37.2. The van der Waals surface area contributed by atoms with Crippen molar-refractivity contribution in [3.05, 3.63) is 187 Å². The molecule has 9 aromatic rings. The summed E-state index contributed by atoms with van der Waals surface area (Å²) < 4.78 is 13.8. The molecular weight excluding hydrogens is 739 g/mol. The van der Waals surface area contributed by atoms with Gasteiger partial charge in [0.25, 0.3) is 6.71 Å². The molecule has 0 atom stereocenters. The van der Waals surface area contributed by atoms with Crippen molar-refractivity contribution in [3.8, 4) is 67.5 Å². The van der Waals surface area contributed by atoms with E-state index in [4.69, 9.17) is 9.47 Å². The fraction of sp³-hybridized carbons (Fsp3) is 0.138. The normalized spacial score (nSPS) is 13.0. The smallest absolute Gasteiger partial charge is 0.260 e. The zero-order chi connectivity index (χ0) is 41.6. The molecule has 0 amide bonds. The third-order valence-corrected chi connectivity index (χ3v) is 12.9. The predicted molar refractivity (Wildman–Crippen MR) is 258 cm³/mol. The number of fused-ring (bicyclic) bond motifs is 6. The van der Waals surface area contributed by atoms with Gasteiger partial charge in [0.1, 0.15) is 23.0 Å². The lowest BCUT2D eigenvalue weighted by Gasteiger charge is -2.34. The van der Waals surface area contributed by atoms with Gasteiger partial charge >= 0.3 is 0 Å². The van der Waals surface area contributed by atoms with Crippen LogP contribution >= 0.6 is 0 Å². The van der Waals surface area contributed by atoms with Crippen LogP contribution in [0, 0.1) is 0 Å². The maximum absolute atomic E-state index is 6.94. The molecule has 0 bridgehead atoms. The average Bonchev–Trinajstić information content (AvgIpc) is 3.27. The summed E-state index contributed by atoms with van der Waals surface area (Å²) in [6.07, 6.45) is 0. The second-order valence-electron chi connectivity index (χ2n) is 18.9. The maximum Gasteiger partial charge on any atom is 0.260 e. The van der Waals surface area contributed by atoms with Gasteiger partial charge in [0.05, 0.1) is 0 Å². The van der Waals surface area contributed by atoms with E-state index in [2.05, 4.69) is 217 Å². The highest BCUT2D eigenvalue weighted by Gasteiger charge is 2.41. The quantitative estimate of drug-likeness (QED) is 0.131. The molecule has 0 aliphatic carbocycles. The summed E-state index contributed by atoms with van der Waals surface area (Å²) in [5.74, 6) is 3.47. The number of benzene rings is 9. The minimum Gasteiger partial charge on any atom is -0.458 e. The van der Waals surface area contributed by atoms with E-state index < -0.39 is 0 Å². The van der Waals surface area contributed by atoms with Gasteiger partial charge in [0, 0.05) is 5.46 Å². The van der Waals surface area contributed by atoms with Crippen molar-refractivity contribution in [1.82, 2.24) is 0 Å². The summed E-state index contributed by atoms with van der Waals surface area (Å²) in [4.78, 5) is 0. The lowest BCUT2D eigenvalue weighted by molar-refractivity contribution is 0.464. The summed E-state index contributed by atoms with van der Waals surface area (Å²) >= 11 is 0. The second kappa shape index (κ2) is 13.9. The molecular formula is C58H47BO2. The molecule has 0 N–H and O–H groups in total. The third-order valence-electron chi connectivity index (χ3n) is 12.9. The molecule has 2 aliphatic heterocycles. The zero-order valence-corrected chi connectivity index (χ0v) is 35.6. The highest BCUT2D eigenvalue weighted by Crippen LogP contribution is 2.47. The lowest BCUT2D eigenvalue weighted by atomic mass is 9.34. The number of ether oxygens (including phenoxy) is 2. The maximum atomic E-state index is 6.94. The molecule has 3 heteroatoms. The Morgan fingerprint density at radius 2 is 0.803 bits per heavy atom. The van der Waals surface area contributed by atoms with Gasteiger partial charge in [-0.3, -0.25) is 0 Å². The van der Waals surface area contributed by atoms with Gasteiger partial charge < -0.3 is 9.47 Å². The van der Waals surface area contributed by atoms with E-state index in [0.29, 0.717) is 0 Å². The van der Waals surface area contributed by atoms with Crippen molar-refractivity contribution in [2.45, 2.75) is 52.4 Å². The molecule has 0 saturated heterocycles. The fourth-order valence-corrected chi connectivity index (χ4v) is 9.71. The first-order chi connectivity index (χ1) is 29.5. The highest BCUT2D eigenvalue weighted by atomic mass is 16.5. The topological polar surface area (TPSA) is 18.5 Å². The van der Waals surface area contributed by atoms with Crippen LogP contribution in [0.1, 0.15) is 52.7 Å². The van der Waals surface area contributed by atoms with Crippen LogP contribution in [0.5, 0.6) is 23.0 Å². The zero-order valence-electron chi connectivity index (χ0n) is 35.6. The molecule has 11 rings (SSSR count). The fourth-order valence-electron chi connectivity index (χ4n) is 9.71. The van der Waals surface area contributed by atoms with Crippen LogP contribution in [-0.2, 0) is 10.8 Å². The minimum absolute atomic E-state index is 0.000318. The summed E-state index contributed by atoms with van der Waals surface area (Å²) in [6, 6.07) is 64.6. The number of para-hydroxylation sites is 1. The van der Waals surface area contributed by atoms with E-state index >= 15 is 0 Å². The minimum atomic E-state index is -0.00191. The second-order valence-corrected chi connectivity index (χ2v) is 18.9. The van der Waals surface area contributed by atoms with Crippen LogP contribution in [-0.4, -0.2) is 6.71 Å². The van der Waals surface area contributed by atoms with Gasteiger partial charge in [-0.1, -0.05) is 175 Å². The standard InChI is InChI=1S/C58H47BO2/c1-57(2,3)42-20-16-19-37(32-42)38-29-39(31-41(30-38)55-46-23-12-10-21-44(46)54(36-17-8-7-9-18-36)45-22-11-13-24-47(45)55)40-33-52-56-53(34-40)61-51-28-27-43(58(4,5)6)35-49(51)59(56)48-25-14-15-26-50(48)60-52/h7-35H,1-6H3. The molecule has 2 heterocycles. The van der Waals surface area contributed by atoms with Crippen LogP contribution < -0.4 is 25.9 Å². The summed E-state index contributed by atoms with van der Waals surface area (Å²) in [7, 11) is 0. The van der Waals surface area contributed by atoms with E-state index in [9.17, 15) is 0 Å². The predicted octanol–water partition coefficient (Wildman–Crippen LogP) is 14.0. The Bertz CT molecular complexity index is 3140. The van der Waals surface area contributed by atoms with Crippen molar-refractivity contribution in [1.29, 1.82) is 0 Å². The SMILES string of the molecule is CC(C)(C)c1cccc(-c2cc(-c3cc4c5c(c3)Oc3ccc(C(C)(C)C)cc3B5c3ccccc3O4)cc(-c3c4ccccc4c(-c4ccccc4)c4ccccc34)c2)c1. The Morgan fingerprint density at radius 3 is 1.43 bits per heavy atom. The molecule has 0 fully saturated rings. The Hall–Kier alpha value is -6.84. The van der Waals surface area contributed by atoms with Crippen LogP contribution in [0.2, 0.25) is 0 Å². The van der Waals surface area contributed by atoms with Gasteiger partial charge in [0.2, 0.25) is 0 Å². The van der Waals surface area contributed by atoms with Crippen molar-refractivity contribution < 1.29 is 9.47 Å². The highest BCUT2D eigenvalue weighted by molar-refractivity contribution is 6.98. The van der Waals surface area contributed by atoms with Crippen LogP contribution in [0.15, 0.2) is 176 Å². The van der Waals surface area contributed by atoms with Crippen molar-refractivity contribution in [2.24, 2.45) is 0 Å². The average molecular weight is 787 g/mol. The van der Waals surface area contributed by atoms with Crippen molar-refractivity contribution in [2.75, 3.05) is 0 Å². The molecule has 0 aromatic heterocycles. The molecule has 61 heavy (non-hydrogen) atoms. The Labute approximate surface area is 359 Å². The molecule has 9 aromatic carbocycles. The largest absolute Gasteiger partial charge is 0.458 e. The van der Waals surface area contributed by atoms with E-state index in [1.807, 2.05) is 0 Å². The monoisotopic (exact) mass is 786 g/mol. The van der Waals surface area contributed by atoms with Gasteiger partial charge in [0.15, 0.2) is 0 Å². The van der Waals surface area contributed by atoms with Crippen LogP contribution in [0.3, 0.4) is 0 Å². The van der Waals surface area contributed by atoms with Crippen LogP contribution in [0.25, 0.3) is 66.1 Å². The van der Waals surface area contributed by atoms with Crippen LogP contribution in [0.4, 0.5) is 0 Å². The van der Waals surface area contributed by atoms with Gasteiger partial charge in [-0.05, 0) is 141 Å². The Balaban J connectivity index is 1.17. The van der Waals surface area contributed by atoms with Gasteiger partial charge in [-0.15, -0.1) is 0 Å². The number of hydrogen-bond donors (Lipinski definition) is 0. The molecule has 0 saturated carbocycles. The Kier molecular flexibility index (Phi) is 8.45. The summed E-state index contributed by atoms with van der Waals surface area (Å²) in [6.45, 7) is 13.7. The number of rotatable bonds is 4. The lowest BCUT2D eigenvalue weighted by Crippen LogP contribution is -2.57. The molecule has 0 unspecified atom stereocenters. The molecule has 0 spiro atoms. The molecule has 2 aliphatic rings. The Morgan fingerprint density at radius 1 is 0.328 bits per heavy atom. The number of hydrogen-bond acceptors (Lipinski definition) is 2. The van der Waals surface area contributed by atoms with E-state index in [-0.39, 0.29) is 17.5 Å². The van der Waals surface area contributed by atoms with Gasteiger partial charge in [-0.2, -0.15) is 0 Å². The van der Waals surface area contributed by atoms with Crippen molar-refractivity contribution in [3.63, 3.8) is 0 Å². The molecule has 0 radical (unpaired) electrons.